The molecule has 192 valence electrons. The molecule has 0 saturated heterocycles. The monoisotopic (exact) mass is 519 g/mol. The van der Waals surface area contributed by atoms with Gasteiger partial charge in [0, 0.05) is 32.9 Å². The van der Waals surface area contributed by atoms with Crippen LogP contribution in [0.3, 0.4) is 0 Å². The van der Waals surface area contributed by atoms with Crippen molar-refractivity contribution in [1.29, 1.82) is 0 Å². The average Bonchev–Trinajstić information content (AvgIpc) is 3.17. The standard InChI is InChI=1S/C27H30ClN7O2/c1-17-21(14-19(28)15-29-17)26(36)30-20-10-8-18(9-11-20)16-34-22-6-4-5-7-23(22)35(27(34)37)25-13-12-24(31-32-25)33(2)3/h4-7,12-15,18,20H,8-11,16H2,1-3H3,(H,30,36). The quantitative estimate of drug-likeness (QED) is 0.413. The largest absolute Gasteiger partial charge is 0.361 e. The van der Waals surface area contributed by atoms with Gasteiger partial charge in [-0.15, -0.1) is 10.2 Å². The lowest BCUT2D eigenvalue weighted by molar-refractivity contribution is 0.0919. The molecular formula is C27H30ClN7O2. The van der Waals surface area contributed by atoms with Gasteiger partial charge in [-0.2, -0.15) is 0 Å². The van der Waals surface area contributed by atoms with E-state index < -0.39 is 0 Å². The summed E-state index contributed by atoms with van der Waals surface area (Å²) in [6, 6.07) is 13.2. The van der Waals surface area contributed by atoms with Crippen molar-refractivity contribution in [3.63, 3.8) is 0 Å². The summed E-state index contributed by atoms with van der Waals surface area (Å²) >= 11 is 6.03. The lowest BCUT2D eigenvalue weighted by atomic mass is 9.85. The number of anilines is 1. The van der Waals surface area contributed by atoms with Crippen molar-refractivity contribution >= 4 is 34.4 Å². The van der Waals surface area contributed by atoms with Crippen molar-refractivity contribution in [3.8, 4) is 5.82 Å². The number of hydrogen-bond donors (Lipinski definition) is 1. The molecule has 5 rings (SSSR count). The number of imidazole rings is 1. The first-order chi connectivity index (χ1) is 17.8. The summed E-state index contributed by atoms with van der Waals surface area (Å²) in [5.74, 6) is 1.42. The molecule has 0 aliphatic heterocycles. The number of fused-ring (bicyclic) bond motifs is 1. The highest BCUT2D eigenvalue weighted by Gasteiger charge is 2.26. The Labute approximate surface area is 220 Å². The Morgan fingerprint density at radius 2 is 1.81 bits per heavy atom. The number of rotatable bonds is 6. The van der Waals surface area contributed by atoms with Crippen LogP contribution in [0.25, 0.3) is 16.9 Å². The number of para-hydroxylation sites is 2. The molecule has 1 aliphatic rings. The first-order valence-corrected chi connectivity index (χ1v) is 12.8. The van der Waals surface area contributed by atoms with Crippen LogP contribution in [0.5, 0.6) is 0 Å². The van der Waals surface area contributed by atoms with Crippen molar-refractivity contribution in [2.24, 2.45) is 5.92 Å². The highest BCUT2D eigenvalue weighted by molar-refractivity contribution is 6.30. The Hall–Kier alpha value is -3.72. The number of benzene rings is 1. The third-order valence-corrected chi connectivity index (χ3v) is 7.29. The normalized spacial score (nSPS) is 17.6. The van der Waals surface area contributed by atoms with Crippen molar-refractivity contribution < 1.29 is 4.79 Å². The van der Waals surface area contributed by atoms with E-state index >= 15 is 0 Å². The summed E-state index contributed by atoms with van der Waals surface area (Å²) in [5.41, 5.74) is 2.74. The first kappa shape index (κ1) is 25.0. The number of pyridine rings is 1. The molecule has 1 amide bonds. The summed E-state index contributed by atoms with van der Waals surface area (Å²) in [7, 11) is 3.80. The topological polar surface area (TPSA) is 97.9 Å². The maximum absolute atomic E-state index is 13.6. The molecule has 0 spiro atoms. The fourth-order valence-corrected chi connectivity index (χ4v) is 5.19. The maximum Gasteiger partial charge on any atom is 0.334 e. The van der Waals surface area contributed by atoms with Gasteiger partial charge in [-0.1, -0.05) is 23.7 Å². The van der Waals surface area contributed by atoms with Crippen LogP contribution in [0.4, 0.5) is 5.82 Å². The van der Waals surface area contributed by atoms with Gasteiger partial charge in [-0.3, -0.25) is 14.3 Å². The molecule has 4 aromatic rings. The molecule has 1 saturated carbocycles. The highest BCUT2D eigenvalue weighted by Crippen LogP contribution is 2.28. The summed E-state index contributed by atoms with van der Waals surface area (Å²) in [4.78, 5) is 32.4. The number of aryl methyl sites for hydroxylation is 1. The van der Waals surface area contributed by atoms with Crippen molar-refractivity contribution in [2.45, 2.75) is 45.2 Å². The van der Waals surface area contributed by atoms with Crippen LogP contribution in [0.15, 0.2) is 53.5 Å². The van der Waals surface area contributed by atoms with Crippen molar-refractivity contribution in [2.75, 3.05) is 19.0 Å². The molecule has 10 heteroatoms. The molecule has 3 heterocycles. The molecular weight excluding hydrogens is 490 g/mol. The van der Waals surface area contributed by atoms with E-state index in [4.69, 9.17) is 11.6 Å². The number of nitrogens with one attached hydrogen (secondary N) is 1. The van der Waals surface area contributed by atoms with E-state index in [9.17, 15) is 9.59 Å². The molecule has 1 N–H and O–H groups in total. The number of amides is 1. The lowest BCUT2D eigenvalue weighted by Gasteiger charge is -2.29. The maximum atomic E-state index is 13.6. The van der Waals surface area contributed by atoms with Crippen LogP contribution < -0.4 is 15.9 Å². The smallest absolute Gasteiger partial charge is 0.334 e. The minimum absolute atomic E-state index is 0.0886. The van der Waals surface area contributed by atoms with Crippen LogP contribution >= 0.6 is 11.6 Å². The Bertz CT molecular complexity index is 1490. The minimum Gasteiger partial charge on any atom is -0.361 e. The molecule has 37 heavy (non-hydrogen) atoms. The second-order valence-corrected chi connectivity index (χ2v) is 10.3. The number of aromatic nitrogens is 5. The second kappa shape index (κ2) is 10.3. The predicted molar refractivity (Wildman–Crippen MR) is 145 cm³/mol. The van der Waals surface area contributed by atoms with Gasteiger partial charge in [0.05, 0.1) is 27.3 Å². The van der Waals surface area contributed by atoms with Gasteiger partial charge in [0.2, 0.25) is 0 Å². The Morgan fingerprint density at radius 3 is 2.49 bits per heavy atom. The molecule has 0 radical (unpaired) electrons. The van der Waals surface area contributed by atoms with Crippen LogP contribution in [-0.2, 0) is 6.54 Å². The number of nitrogens with zero attached hydrogens (tertiary/aromatic N) is 6. The van der Waals surface area contributed by atoms with Crippen LogP contribution in [0.2, 0.25) is 5.02 Å². The third-order valence-electron chi connectivity index (χ3n) is 7.08. The highest BCUT2D eigenvalue weighted by atomic mass is 35.5. The van der Waals surface area contributed by atoms with Crippen LogP contribution in [0.1, 0.15) is 41.7 Å². The fraction of sp³-hybridized carbons (Fsp3) is 0.370. The van der Waals surface area contributed by atoms with E-state index in [2.05, 4.69) is 20.5 Å². The van der Waals surface area contributed by atoms with Crippen molar-refractivity contribution in [1.82, 2.24) is 29.6 Å². The molecule has 1 fully saturated rings. The van der Waals surface area contributed by atoms with Gasteiger partial charge in [0.1, 0.15) is 0 Å². The zero-order valence-corrected chi connectivity index (χ0v) is 21.9. The van der Waals surface area contributed by atoms with E-state index in [-0.39, 0.29) is 17.6 Å². The molecule has 0 atom stereocenters. The van der Waals surface area contributed by atoms with E-state index in [1.165, 1.54) is 0 Å². The summed E-state index contributed by atoms with van der Waals surface area (Å²) in [5, 5.41) is 12.2. The summed E-state index contributed by atoms with van der Waals surface area (Å²) in [6.07, 6.45) is 5.09. The number of hydrogen-bond acceptors (Lipinski definition) is 6. The lowest BCUT2D eigenvalue weighted by Crippen LogP contribution is -2.39. The van der Waals surface area contributed by atoms with Gasteiger partial charge in [-0.05, 0) is 68.9 Å². The van der Waals surface area contributed by atoms with E-state index in [1.807, 2.05) is 60.0 Å². The molecule has 9 nitrogen and oxygen atoms in total. The molecule has 0 bridgehead atoms. The van der Waals surface area contributed by atoms with Crippen LogP contribution in [0, 0.1) is 12.8 Å². The minimum atomic E-state index is -0.142. The number of halogens is 1. The third kappa shape index (κ3) is 5.09. The van der Waals surface area contributed by atoms with E-state index in [0.717, 1.165) is 42.5 Å². The Balaban J connectivity index is 1.31. The summed E-state index contributed by atoms with van der Waals surface area (Å²) < 4.78 is 3.48. The molecule has 3 aromatic heterocycles. The van der Waals surface area contributed by atoms with Gasteiger partial charge in [0.15, 0.2) is 11.6 Å². The van der Waals surface area contributed by atoms with Gasteiger partial charge in [-0.25, -0.2) is 9.36 Å². The van der Waals surface area contributed by atoms with Crippen LogP contribution in [-0.4, -0.2) is 50.4 Å². The van der Waals surface area contributed by atoms with Gasteiger partial charge in [0.25, 0.3) is 5.91 Å². The SMILES string of the molecule is Cc1ncc(Cl)cc1C(=O)NC1CCC(Cn2c(=O)n(-c3ccc(N(C)C)nn3)c3ccccc32)CC1. The number of carbonyl (C=O) groups is 1. The zero-order chi connectivity index (χ0) is 26.1. The molecule has 1 aromatic carbocycles. The predicted octanol–water partition coefficient (Wildman–Crippen LogP) is 3.99. The fourth-order valence-electron chi connectivity index (χ4n) is 5.03. The Morgan fingerprint density at radius 1 is 1.08 bits per heavy atom. The Kier molecular flexibility index (Phi) is 6.97. The second-order valence-electron chi connectivity index (χ2n) is 9.84. The van der Waals surface area contributed by atoms with E-state index in [1.54, 1.807) is 23.8 Å². The molecule has 1 aliphatic carbocycles. The van der Waals surface area contributed by atoms with E-state index in [0.29, 0.717) is 34.6 Å². The van der Waals surface area contributed by atoms with Gasteiger partial charge >= 0.3 is 5.69 Å². The van der Waals surface area contributed by atoms with Crippen molar-refractivity contribution in [3.05, 3.63) is 75.4 Å². The first-order valence-electron chi connectivity index (χ1n) is 12.5. The zero-order valence-electron chi connectivity index (χ0n) is 21.2. The summed E-state index contributed by atoms with van der Waals surface area (Å²) in [6.45, 7) is 2.42. The average molecular weight is 520 g/mol. The molecule has 0 unspecified atom stereocenters. The number of carbonyl (C=O) groups excluding carboxylic acids is 1. The van der Waals surface area contributed by atoms with Gasteiger partial charge < -0.3 is 10.2 Å².